The number of amides is 3. The van der Waals surface area contributed by atoms with E-state index in [4.69, 9.17) is 10.5 Å². The molecule has 2 aromatic rings. The van der Waals surface area contributed by atoms with Gasteiger partial charge in [0.2, 0.25) is 0 Å². The number of nitrogens with two attached hydrogens (primary N) is 1. The molecule has 4 rings (SSSR count). The molecule has 2 heterocycles. The highest BCUT2D eigenvalue weighted by molar-refractivity contribution is 5.76. The van der Waals surface area contributed by atoms with Crippen LogP contribution in [0.1, 0.15) is 37.5 Å². The van der Waals surface area contributed by atoms with Gasteiger partial charge in [0.1, 0.15) is 17.0 Å². The van der Waals surface area contributed by atoms with Crippen molar-refractivity contribution in [2.45, 2.75) is 44.3 Å². The predicted octanol–water partition coefficient (Wildman–Crippen LogP) is 4.51. The first-order chi connectivity index (χ1) is 15.9. The number of nitrogens with zero attached hydrogens (tertiary/aromatic N) is 2. The highest BCUT2D eigenvalue weighted by Crippen LogP contribution is 2.54. The minimum Gasteiger partial charge on any atom is -0.444 e. The number of rotatable bonds is 2. The Morgan fingerprint density at radius 2 is 1.74 bits per heavy atom. The van der Waals surface area contributed by atoms with E-state index in [2.05, 4.69) is 0 Å². The summed E-state index contributed by atoms with van der Waals surface area (Å²) in [5.74, 6) is -5.49. The molecule has 182 valence electrons. The van der Waals surface area contributed by atoms with Crippen molar-refractivity contribution in [2.24, 2.45) is 11.7 Å². The Hall–Kier alpha value is -3.23. The second-order valence-electron chi connectivity index (χ2n) is 9.84. The molecule has 9 heteroatoms. The van der Waals surface area contributed by atoms with Crippen LogP contribution in [0.2, 0.25) is 0 Å². The number of urea groups is 1. The molecule has 2 atom stereocenters. The summed E-state index contributed by atoms with van der Waals surface area (Å²) in [7, 11) is 0. The fraction of sp³-hybridized carbons (Fsp3) is 0.440. The van der Waals surface area contributed by atoms with Crippen molar-refractivity contribution in [3.05, 3.63) is 71.0 Å². The zero-order chi connectivity index (χ0) is 24.9. The number of ether oxygens (including phenoxy) is 1. The summed E-state index contributed by atoms with van der Waals surface area (Å²) in [6, 6.07) is 11.3. The van der Waals surface area contributed by atoms with Gasteiger partial charge in [-0.1, -0.05) is 36.4 Å². The van der Waals surface area contributed by atoms with Gasteiger partial charge < -0.3 is 20.3 Å². The van der Waals surface area contributed by atoms with E-state index in [1.807, 2.05) is 6.07 Å². The maximum atomic E-state index is 15.9. The molecule has 0 saturated carbocycles. The van der Waals surface area contributed by atoms with E-state index >= 15 is 8.78 Å². The summed E-state index contributed by atoms with van der Waals surface area (Å²) in [4.78, 5) is 27.7. The Kier molecular flexibility index (Phi) is 5.78. The molecular formula is C25H28F3N3O3. The van der Waals surface area contributed by atoms with Gasteiger partial charge in [-0.25, -0.2) is 22.8 Å². The molecule has 6 nitrogen and oxygen atoms in total. The largest absolute Gasteiger partial charge is 0.444 e. The number of fused-ring (bicyclic) bond motifs is 1. The van der Waals surface area contributed by atoms with Crippen LogP contribution in [-0.2, 0) is 16.7 Å². The number of carbonyl (C=O) groups excluding carboxylic acids is 2. The average molecular weight is 476 g/mol. The number of alkyl halides is 2. The van der Waals surface area contributed by atoms with Gasteiger partial charge in [0.25, 0.3) is 5.92 Å². The molecule has 1 saturated heterocycles. The van der Waals surface area contributed by atoms with E-state index in [0.717, 1.165) is 10.5 Å². The first-order valence-corrected chi connectivity index (χ1v) is 11.1. The maximum absolute atomic E-state index is 15.9. The SMILES string of the molecule is CC(C)(C)OC(=O)N1CC([C@]2(c3ccc(F)cc3)c3ccccc3CCN2C(N)=O)C(F)(F)C1. The zero-order valence-corrected chi connectivity index (χ0v) is 19.4. The molecule has 2 N–H and O–H groups in total. The standard InChI is InChI=1S/C25H28F3N3O3/c1-23(2,3)34-22(33)30-14-20(24(27,28)15-30)25(17-8-10-18(26)11-9-17)19-7-5-4-6-16(19)12-13-31(25)21(29)32/h4-11,20H,12-15H2,1-3H3,(H2,29,32)/t20?,25-/m0/s1. The van der Waals surface area contributed by atoms with Crippen LogP contribution in [0.25, 0.3) is 0 Å². The van der Waals surface area contributed by atoms with Gasteiger partial charge in [0, 0.05) is 13.1 Å². The van der Waals surface area contributed by atoms with Crippen LogP contribution in [0.15, 0.2) is 48.5 Å². The van der Waals surface area contributed by atoms with E-state index in [9.17, 15) is 14.0 Å². The lowest BCUT2D eigenvalue weighted by molar-refractivity contribution is -0.0776. The van der Waals surface area contributed by atoms with E-state index in [1.165, 1.54) is 29.2 Å². The van der Waals surface area contributed by atoms with Crippen molar-refractivity contribution >= 4 is 12.1 Å². The van der Waals surface area contributed by atoms with Crippen LogP contribution in [0.4, 0.5) is 22.8 Å². The highest BCUT2D eigenvalue weighted by Gasteiger charge is 2.64. The van der Waals surface area contributed by atoms with E-state index < -0.39 is 47.5 Å². The lowest BCUT2D eigenvalue weighted by atomic mass is 9.66. The van der Waals surface area contributed by atoms with Crippen molar-refractivity contribution in [2.75, 3.05) is 19.6 Å². The molecule has 0 aromatic heterocycles. The third-order valence-corrected chi connectivity index (χ3v) is 6.48. The first-order valence-electron chi connectivity index (χ1n) is 11.1. The molecule has 3 amide bonds. The zero-order valence-electron chi connectivity index (χ0n) is 19.4. The van der Waals surface area contributed by atoms with Gasteiger partial charge in [0.15, 0.2) is 0 Å². The molecular weight excluding hydrogens is 447 g/mol. The third-order valence-electron chi connectivity index (χ3n) is 6.48. The molecule has 0 spiro atoms. The molecule has 2 aliphatic heterocycles. The Labute approximate surface area is 196 Å². The Balaban J connectivity index is 1.93. The molecule has 0 aliphatic carbocycles. The molecule has 34 heavy (non-hydrogen) atoms. The van der Waals surface area contributed by atoms with Crippen LogP contribution in [0, 0.1) is 11.7 Å². The lowest BCUT2D eigenvalue weighted by Crippen LogP contribution is -2.62. The molecule has 0 radical (unpaired) electrons. The average Bonchev–Trinajstić information content (AvgIpc) is 3.07. The van der Waals surface area contributed by atoms with Gasteiger partial charge in [-0.2, -0.15) is 0 Å². The monoisotopic (exact) mass is 475 g/mol. The minimum atomic E-state index is -3.40. The van der Waals surface area contributed by atoms with Gasteiger partial charge in [-0.3, -0.25) is 0 Å². The third kappa shape index (κ3) is 3.97. The van der Waals surface area contributed by atoms with Crippen molar-refractivity contribution < 1.29 is 27.5 Å². The van der Waals surface area contributed by atoms with Crippen LogP contribution >= 0.6 is 0 Å². The van der Waals surface area contributed by atoms with E-state index in [0.29, 0.717) is 17.5 Å². The number of likely N-dealkylation sites (tertiary alicyclic amines) is 1. The maximum Gasteiger partial charge on any atom is 0.410 e. The fourth-order valence-corrected chi connectivity index (χ4v) is 5.23. The van der Waals surface area contributed by atoms with Crippen molar-refractivity contribution in [3.8, 4) is 0 Å². The van der Waals surface area contributed by atoms with Crippen molar-refractivity contribution in [1.29, 1.82) is 0 Å². The summed E-state index contributed by atoms with van der Waals surface area (Å²) in [5, 5.41) is 0. The van der Waals surface area contributed by atoms with Crippen LogP contribution in [0.5, 0.6) is 0 Å². The minimum absolute atomic E-state index is 0.0999. The normalized spacial score (nSPS) is 24.0. The molecule has 0 bridgehead atoms. The van der Waals surface area contributed by atoms with Gasteiger partial charge in [-0.05, 0) is 56.0 Å². The summed E-state index contributed by atoms with van der Waals surface area (Å²) in [6.07, 6.45) is -0.436. The summed E-state index contributed by atoms with van der Waals surface area (Å²) in [5.41, 5.74) is 4.76. The first kappa shape index (κ1) is 23.9. The number of halogens is 3. The van der Waals surface area contributed by atoms with E-state index in [-0.39, 0.29) is 13.1 Å². The summed E-state index contributed by atoms with van der Waals surface area (Å²) < 4.78 is 51.0. The topological polar surface area (TPSA) is 75.9 Å². The van der Waals surface area contributed by atoms with Crippen LogP contribution < -0.4 is 5.73 Å². The summed E-state index contributed by atoms with van der Waals surface area (Å²) in [6.45, 7) is 3.82. The van der Waals surface area contributed by atoms with E-state index in [1.54, 1.807) is 39.0 Å². The second-order valence-corrected chi connectivity index (χ2v) is 9.84. The lowest BCUT2D eigenvalue weighted by Gasteiger charge is -2.52. The van der Waals surface area contributed by atoms with Crippen LogP contribution in [-0.4, -0.2) is 53.1 Å². The molecule has 2 aliphatic rings. The second kappa shape index (κ2) is 8.21. The number of hydrogen-bond acceptors (Lipinski definition) is 3. The quantitative estimate of drug-likeness (QED) is 0.695. The molecule has 1 fully saturated rings. The Morgan fingerprint density at radius 3 is 2.35 bits per heavy atom. The number of hydrogen-bond donors (Lipinski definition) is 1. The Bertz CT molecular complexity index is 1100. The fourth-order valence-electron chi connectivity index (χ4n) is 5.23. The van der Waals surface area contributed by atoms with Crippen LogP contribution in [0.3, 0.4) is 0 Å². The smallest absolute Gasteiger partial charge is 0.410 e. The summed E-state index contributed by atoms with van der Waals surface area (Å²) >= 11 is 0. The van der Waals surface area contributed by atoms with Crippen molar-refractivity contribution in [3.63, 3.8) is 0 Å². The number of carbonyl (C=O) groups is 2. The predicted molar refractivity (Wildman–Crippen MR) is 120 cm³/mol. The molecule has 1 unspecified atom stereocenters. The van der Waals surface area contributed by atoms with Crippen molar-refractivity contribution in [1.82, 2.24) is 9.80 Å². The number of benzene rings is 2. The number of primary amides is 1. The van der Waals surface area contributed by atoms with Gasteiger partial charge in [0.05, 0.1) is 12.5 Å². The molecule has 2 aromatic carbocycles. The highest BCUT2D eigenvalue weighted by atomic mass is 19.3. The van der Waals surface area contributed by atoms with Gasteiger partial charge >= 0.3 is 12.1 Å². The van der Waals surface area contributed by atoms with Gasteiger partial charge in [-0.15, -0.1) is 0 Å². The Morgan fingerprint density at radius 1 is 1.09 bits per heavy atom.